The second-order valence-electron chi connectivity index (χ2n) is 3.68. The van der Waals surface area contributed by atoms with Crippen molar-refractivity contribution in [2.45, 2.75) is 25.3 Å². The monoisotopic (exact) mass is 180 g/mol. The Balaban J connectivity index is 2.09. The van der Waals surface area contributed by atoms with Gasteiger partial charge in [0.05, 0.1) is 6.20 Å². The molecule has 1 atom stereocenters. The van der Waals surface area contributed by atoms with Gasteiger partial charge in [-0.15, -0.1) is 0 Å². The highest BCUT2D eigenvalue weighted by Gasteiger charge is 2.25. The summed E-state index contributed by atoms with van der Waals surface area (Å²) in [7, 11) is 0. The first-order valence-electron chi connectivity index (χ1n) is 4.62. The van der Waals surface area contributed by atoms with Crippen molar-refractivity contribution in [1.29, 1.82) is 0 Å². The summed E-state index contributed by atoms with van der Waals surface area (Å²) in [6, 6.07) is 1.51. The zero-order valence-electron chi connectivity index (χ0n) is 7.41. The smallest absolute Gasteiger partial charge is 0.146 e. The van der Waals surface area contributed by atoms with E-state index in [2.05, 4.69) is 4.98 Å². The standard InChI is InChI=1S/C10H13FN2/c11-9-6-13-4-3-8(9)10(12)5-7-1-2-7/h3-4,6-7,10H,1-2,5,12H2/t10-/m0/s1. The van der Waals surface area contributed by atoms with Gasteiger partial charge in [-0.05, 0) is 18.4 Å². The quantitative estimate of drug-likeness (QED) is 0.772. The number of pyridine rings is 1. The van der Waals surface area contributed by atoms with Crippen molar-refractivity contribution in [3.05, 3.63) is 29.8 Å². The summed E-state index contributed by atoms with van der Waals surface area (Å²) in [5, 5.41) is 0. The largest absolute Gasteiger partial charge is 0.324 e. The Hall–Kier alpha value is -0.960. The van der Waals surface area contributed by atoms with Crippen LogP contribution in [0.25, 0.3) is 0 Å². The summed E-state index contributed by atoms with van der Waals surface area (Å²) in [5.74, 6) is 0.443. The van der Waals surface area contributed by atoms with E-state index in [0.29, 0.717) is 5.56 Å². The molecule has 13 heavy (non-hydrogen) atoms. The van der Waals surface area contributed by atoms with Gasteiger partial charge in [-0.25, -0.2) is 4.39 Å². The Bertz CT molecular complexity index is 297. The molecular formula is C10H13FN2. The fourth-order valence-electron chi connectivity index (χ4n) is 1.53. The lowest BCUT2D eigenvalue weighted by molar-refractivity contribution is 0.539. The van der Waals surface area contributed by atoms with Gasteiger partial charge in [0, 0.05) is 17.8 Å². The van der Waals surface area contributed by atoms with Crippen molar-refractivity contribution in [3.63, 3.8) is 0 Å². The third kappa shape index (κ3) is 2.04. The van der Waals surface area contributed by atoms with Crippen LogP contribution >= 0.6 is 0 Å². The minimum atomic E-state index is -0.282. The van der Waals surface area contributed by atoms with Gasteiger partial charge < -0.3 is 5.73 Å². The van der Waals surface area contributed by atoms with E-state index in [9.17, 15) is 4.39 Å². The van der Waals surface area contributed by atoms with E-state index in [1.807, 2.05) is 0 Å². The first kappa shape index (κ1) is 8.63. The summed E-state index contributed by atoms with van der Waals surface area (Å²) < 4.78 is 13.2. The second-order valence-corrected chi connectivity index (χ2v) is 3.68. The highest BCUT2D eigenvalue weighted by molar-refractivity contribution is 5.17. The number of hydrogen-bond acceptors (Lipinski definition) is 2. The highest BCUT2D eigenvalue weighted by Crippen LogP contribution is 2.36. The molecule has 1 aliphatic carbocycles. The molecule has 0 unspecified atom stereocenters. The summed E-state index contributed by atoms with van der Waals surface area (Å²) >= 11 is 0. The predicted octanol–water partition coefficient (Wildman–Crippen LogP) is 2.02. The Morgan fingerprint density at radius 2 is 2.38 bits per heavy atom. The fraction of sp³-hybridized carbons (Fsp3) is 0.500. The van der Waals surface area contributed by atoms with Crippen LogP contribution in [-0.2, 0) is 0 Å². The van der Waals surface area contributed by atoms with Crippen LogP contribution in [0.5, 0.6) is 0 Å². The lowest BCUT2D eigenvalue weighted by Crippen LogP contribution is -2.12. The molecule has 70 valence electrons. The van der Waals surface area contributed by atoms with Crippen LogP contribution in [0, 0.1) is 11.7 Å². The Morgan fingerprint density at radius 3 is 3.00 bits per heavy atom. The van der Waals surface area contributed by atoms with Crippen molar-refractivity contribution in [3.8, 4) is 0 Å². The minimum Gasteiger partial charge on any atom is -0.324 e. The number of rotatable bonds is 3. The van der Waals surface area contributed by atoms with Gasteiger partial charge in [0.15, 0.2) is 0 Å². The third-order valence-electron chi connectivity index (χ3n) is 2.49. The van der Waals surface area contributed by atoms with Crippen LogP contribution in [0.2, 0.25) is 0 Å². The van der Waals surface area contributed by atoms with Crippen molar-refractivity contribution in [2.24, 2.45) is 11.7 Å². The molecule has 2 N–H and O–H groups in total. The Kier molecular flexibility index (Phi) is 2.27. The van der Waals surface area contributed by atoms with Crippen LogP contribution in [0.4, 0.5) is 4.39 Å². The van der Waals surface area contributed by atoms with Gasteiger partial charge in [0.2, 0.25) is 0 Å². The molecule has 0 amide bonds. The zero-order valence-corrected chi connectivity index (χ0v) is 7.41. The molecule has 1 aromatic heterocycles. The average Bonchev–Trinajstić information content (AvgIpc) is 2.89. The molecule has 1 fully saturated rings. The molecule has 0 bridgehead atoms. The van der Waals surface area contributed by atoms with Gasteiger partial charge >= 0.3 is 0 Å². The number of nitrogens with zero attached hydrogens (tertiary/aromatic N) is 1. The number of hydrogen-bond donors (Lipinski definition) is 1. The topological polar surface area (TPSA) is 38.9 Å². The SMILES string of the molecule is N[C@@H](CC1CC1)c1ccncc1F. The molecule has 3 heteroatoms. The lowest BCUT2D eigenvalue weighted by Gasteiger charge is -2.11. The molecular weight excluding hydrogens is 167 g/mol. The first-order valence-corrected chi connectivity index (χ1v) is 4.62. The van der Waals surface area contributed by atoms with Crippen molar-refractivity contribution < 1.29 is 4.39 Å². The maximum Gasteiger partial charge on any atom is 0.146 e. The van der Waals surface area contributed by atoms with Gasteiger partial charge in [0.25, 0.3) is 0 Å². The summed E-state index contributed by atoms with van der Waals surface area (Å²) in [6.07, 6.45) is 6.22. The van der Waals surface area contributed by atoms with Crippen LogP contribution in [0.1, 0.15) is 30.9 Å². The first-order chi connectivity index (χ1) is 6.27. The summed E-state index contributed by atoms with van der Waals surface area (Å²) in [5.41, 5.74) is 6.47. The van der Waals surface area contributed by atoms with Gasteiger partial charge in [-0.1, -0.05) is 12.8 Å². The molecule has 0 radical (unpaired) electrons. The molecule has 1 saturated carbocycles. The van der Waals surface area contributed by atoms with E-state index in [-0.39, 0.29) is 11.9 Å². The lowest BCUT2D eigenvalue weighted by atomic mass is 10.0. The van der Waals surface area contributed by atoms with E-state index in [1.54, 1.807) is 12.3 Å². The Labute approximate surface area is 77.0 Å². The molecule has 2 rings (SSSR count). The number of nitrogens with two attached hydrogens (primary N) is 1. The number of aromatic nitrogens is 1. The van der Waals surface area contributed by atoms with Crippen molar-refractivity contribution in [2.75, 3.05) is 0 Å². The van der Waals surface area contributed by atoms with Gasteiger partial charge in [-0.2, -0.15) is 0 Å². The van der Waals surface area contributed by atoms with Gasteiger partial charge in [0.1, 0.15) is 5.82 Å². The summed E-state index contributed by atoms with van der Waals surface area (Å²) in [6.45, 7) is 0. The molecule has 1 aliphatic rings. The van der Waals surface area contributed by atoms with Crippen molar-refractivity contribution >= 4 is 0 Å². The maximum absolute atomic E-state index is 13.2. The normalized spacial score (nSPS) is 18.6. The Morgan fingerprint density at radius 1 is 1.62 bits per heavy atom. The van der Waals surface area contributed by atoms with Crippen LogP contribution in [0.3, 0.4) is 0 Å². The summed E-state index contributed by atoms with van der Waals surface area (Å²) in [4.78, 5) is 3.69. The molecule has 0 aromatic carbocycles. The van der Waals surface area contributed by atoms with E-state index in [4.69, 9.17) is 5.73 Å². The van der Waals surface area contributed by atoms with E-state index >= 15 is 0 Å². The van der Waals surface area contributed by atoms with Crippen LogP contribution in [-0.4, -0.2) is 4.98 Å². The van der Waals surface area contributed by atoms with Crippen molar-refractivity contribution in [1.82, 2.24) is 4.98 Å². The number of halogens is 1. The van der Waals surface area contributed by atoms with E-state index < -0.39 is 0 Å². The fourth-order valence-corrected chi connectivity index (χ4v) is 1.53. The van der Waals surface area contributed by atoms with Gasteiger partial charge in [-0.3, -0.25) is 4.98 Å². The molecule has 2 nitrogen and oxygen atoms in total. The second kappa shape index (κ2) is 3.42. The maximum atomic E-state index is 13.2. The van der Waals surface area contributed by atoms with Crippen LogP contribution in [0.15, 0.2) is 18.5 Å². The third-order valence-corrected chi connectivity index (χ3v) is 2.49. The minimum absolute atomic E-state index is 0.157. The molecule has 1 heterocycles. The highest BCUT2D eigenvalue weighted by atomic mass is 19.1. The molecule has 0 aliphatic heterocycles. The van der Waals surface area contributed by atoms with E-state index in [1.165, 1.54) is 19.0 Å². The van der Waals surface area contributed by atoms with E-state index in [0.717, 1.165) is 12.3 Å². The van der Waals surface area contributed by atoms with Crippen LogP contribution < -0.4 is 5.73 Å². The predicted molar refractivity (Wildman–Crippen MR) is 48.5 cm³/mol. The molecule has 0 saturated heterocycles. The molecule has 0 spiro atoms. The zero-order chi connectivity index (χ0) is 9.26. The average molecular weight is 180 g/mol. The molecule has 1 aromatic rings.